The molecule has 2 N–H and O–H groups in total. The van der Waals surface area contributed by atoms with Gasteiger partial charge in [0.05, 0.1) is 11.5 Å². The van der Waals surface area contributed by atoms with Gasteiger partial charge >= 0.3 is 5.97 Å². The summed E-state index contributed by atoms with van der Waals surface area (Å²) in [5.41, 5.74) is 5.58. The zero-order chi connectivity index (χ0) is 11.1. The lowest BCUT2D eigenvalue weighted by Gasteiger charge is -2.00. The van der Waals surface area contributed by atoms with Crippen LogP contribution in [0.3, 0.4) is 0 Å². The maximum Gasteiger partial charge on any atom is 0.347 e. The Balaban J connectivity index is 2.35. The Morgan fingerprint density at radius 2 is 2.47 bits per heavy atom. The maximum absolute atomic E-state index is 10.9. The number of thiophene rings is 1. The minimum absolute atomic E-state index is 0.222. The van der Waals surface area contributed by atoms with Crippen molar-refractivity contribution in [1.82, 2.24) is 0 Å². The topological polar surface area (TPSA) is 73.9 Å². The van der Waals surface area contributed by atoms with Crippen molar-refractivity contribution in [2.45, 2.75) is 6.92 Å². The van der Waals surface area contributed by atoms with E-state index in [2.05, 4.69) is 9.89 Å². The summed E-state index contributed by atoms with van der Waals surface area (Å²) in [4.78, 5) is 16.4. The van der Waals surface area contributed by atoms with Crippen molar-refractivity contribution in [2.75, 3.05) is 13.2 Å². The van der Waals surface area contributed by atoms with Crippen LogP contribution in [0.5, 0.6) is 0 Å². The fourth-order valence-electron chi connectivity index (χ4n) is 0.826. The second-order valence-corrected chi connectivity index (χ2v) is 3.48. The van der Waals surface area contributed by atoms with Crippen molar-refractivity contribution in [3.63, 3.8) is 0 Å². The van der Waals surface area contributed by atoms with Gasteiger partial charge in [-0.05, 0) is 18.4 Å². The van der Waals surface area contributed by atoms with Crippen molar-refractivity contribution in [2.24, 2.45) is 10.9 Å². The number of esters is 1. The van der Waals surface area contributed by atoms with E-state index in [9.17, 15) is 4.79 Å². The molecule has 82 valence electrons. The largest absolute Gasteiger partial charge is 0.463 e. The maximum atomic E-state index is 10.9. The molecule has 5 nitrogen and oxygen atoms in total. The van der Waals surface area contributed by atoms with E-state index in [0.29, 0.717) is 6.61 Å². The Kier molecular flexibility index (Phi) is 4.62. The van der Waals surface area contributed by atoms with Crippen LogP contribution in [-0.2, 0) is 14.4 Å². The first kappa shape index (κ1) is 11.5. The average Bonchev–Trinajstić information content (AvgIpc) is 2.70. The molecule has 6 heteroatoms. The van der Waals surface area contributed by atoms with Gasteiger partial charge in [-0.3, -0.25) is 0 Å². The molecule has 0 saturated heterocycles. The molecule has 0 atom stereocenters. The third-order valence-electron chi connectivity index (χ3n) is 1.42. The van der Waals surface area contributed by atoms with E-state index >= 15 is 0 Å². The minimum Gasteiger partial charge on any atom is -0.463 e. The standard InChI is InChI=1S/C9H12N2O3S/c1-2-13-8(12)6-14-11-9(10)7-4-3-5-15-7/h3-5H,2,6H2,1H3,(H2,10,11). The van der Waals surface area contributed by atoms with Gasteiger partial charge in [0.15, 0.2) is 5.84 Å². The zero-order valence-corrected chi connectivity index (χ0v) is 9.12. The molecule has 0 fully saturated rings. The molecule has 0 aliphatic rings. The number of carbonyl (C=O) groups is 1. The monoisotopic (exact) mass is 228 g/mol. The smallest absolute Gasteiger partial charge is 0.347 e. The summed E-state index contributed by atoms with van der Waals surface area (Å²) < 4.78 is 4.64. The van der Waals surface area contributed by atoms with Crippen LogP contribution in [0.2, 0.25) is 0 Å². The summed E-state index contributed by atoms with van der Waals surface area (Å²) in [5.74, 6) is -0.200. The molecule has 0 aliphatic heterocycles. The van der Waals surface area contributed by atoms with Crippen LogP contribution in [0.15, 0.2) is 22.7 Å². The van der Waals surface area contributed by atoms with Crippen LogP contribution >= 0.6 is 11.3 Å². The molecule has 15 heavy (non-hydrogen) atoms. The number of hydrogen-bond donors (Lipinski definition) is 1. The molecule has 1 heterocycles. The van der Waals surface area contributed by atoms with E-state index in [1.54, 1.807) is 6.92 Å². The highest BCUT2D eigenvalue weighted by Gasteiger charge is 2.03. The molecule has 0 bridgehead atoms. The summed E-state index contributed by atoms with van der Waals surface area (Å²) in [6.45, 7) is 1.83. The fourth-order valence-corrected chi connectivity index (χ4v) is 1.45. The van der Waals surface area contributed by atoms with Gasteiger partial charge in [0, 0.05) is 0 Å². The molecule has 1 aromatic heterocycles. The second kappa shape index (κ2) is 6.02. The van der Waals surface area contributed by atoms with Crippen molar-refractivity contribution in [3.8, 4) is 0 Å². The van der Waals surface area contributed by atoms with Crippen LogP contribution < -0.4 is 5.73 Å². The third kappa shape index (κ3) is 3.99. The normalized spacial score (nSPS) is 11.1. The average molecular weight is 228 g/mol. The molecule has 0 aliphatic carbocycles. The van der Waals surface area contributed by atoms with Gasteiger partial charge in [0.25, 0.3) is 0 Å². The summed E-state index contributed by atoms with van der Waals surface area (Å²) in [5, 5.41) is 5.47. The van der Waals surface area contributed by atoms with Crippen molar-refractivity contribution >= 4 is 23.1 Å². The zero-order valence-electron chi connectivity index (χ0n) is 8.30. The van der Waals surface area contributed by atoms with Crippen LogP contribution in [0.25, 0.3) is 0 Å². The van der Waals surface area contributed by atoms with E-state index in [-0.39, 0.29) is 12.4 Å². The van der Waals surface area contributed by atoms with Crippen LogP contribution in [0, 0.1) is 0 Å². The highest BCUT2D eigenvalue weighted by atomic mass is 32.1. The third-order valence-corrected chi connectivity index (χ3v) is 2.32. The number of oxime groups is 1. The molecule has 0 saturated carbocycles. The first-order valence-corrected chi connectivity index (χ1v) is 5.27. The van der Waals surface area contributed by atoms with Crippen LogP contribution in [0.1, 0.15) is 11.8 Å². The van der Waals surface area contributed by atoms with Gasteiger partial charge in [-0.15, -0.1) is 11.3 Å². The summed E-state index contributed by atoms with van der Waals surface area (Å²) in [7, 11) is 0. The lowest BCUT2D eigenvalue weighted by molar-refractivity contribution is -0.148. The molecular weight excluding hydrogens is 216 g/mol. The quantitative estimate of drug-likeness (QED) is 0.352. The Bertz CT molecular complexity index is 335. The van der Waals surface area contributed by atoms with Crippen molar-refractivity contribution in [1.29, 1.82) is 0 Å². The van der Waals surface area contributed by atoms with Gasteiger partial charge in [-0.25, -0.2) is 4.79 Å². The summed E-state index contributed by atoms with van der Waals surface area (Å²) in [6, 6.07) is 3.67. The Hall–Kier alpha value is -1.56. The molecule has 1 aromatic rings. The van der Waals surface area contributed by atoms with Gasteiger partial charge in [-0.1, -0.05) is 11.2 Å². The lowest BCUT2D eigenvalue weighted by Crippen LogP contribution is -2.15. The second-order valence-electron chi connectivity index (χ2n) is 2.53. The first-order chi connectivity index (χ1) is 7.24. The predicted molar refractivity (Wildman–Crippen MR) is 57.6 cm³/mol. The van der Waals surface area contributed by atoms with Crippen LogP contribution in [-0.4, -0.2) is 25.0 Å². The number of carbonyl (C=O) groups excluding carboxylic acids is 1. The highest BCUT2D eigenvalue weighted by Crippen LogP contribution is 2.07. The van der Waals surface area contributed by atoms with Gasteiger partial charge < -0.3 is 15.3 Å². The molecule has 0 spiro atoms. The molecular formula is C9H12N2O3S. The van der Waals surface area contributed by atoms with Gasteiger partial charge in [0.1, 0.15) is 0 Å². The van der Waals surface area contributed by atoms with Gasteiger partial charge in [-0.2, -0.15) is 0 Å². The van der Waals surface area contributed by atoms with E-state index in [0.717, 1.165) is 4.88 Å². The number of ether oxygens (including phenoxy) is 1. The number of nitrogens with two attached hydrogens (primary N) is 1. The fraction of sp³-hybridized carbons (Fsp3) is 0.333. The Morgan fingerprint density at radius 3 is 3.07 bits per heavy atom. The lowest BCUT2D eigenvalue weighted by atomic mass is 10.4. The Labute approximate surface area is 91.5 Å². The molecule has 0 radical (unpaired) electrons. The van der Waals surface area contributed by atoms with Crippen molar-refractivity contribution in [3.05, 3.63) is 22.4 Å². The van der Waals surface area contributed by atoms with Crippen molar-refractivity contribution < 1.29 is 14.4 Å². The van der Waals surface area contributed by atoms with Crippen LogP contribution in [0.4, 0.5) is 0 Å². The first-order valence-electron chi connectivity index (χ1n) is 4.39. The number of hydrogen-bond acceptors (Lipinski definition) is 5. The minimum atomic E-state index is -0.458. The molecule has 0 aromatic carbocycles. The van der Waals surface area contributed by atoms with E-state index in [1.165, 1.54) is 11.3 Å². The highest BCUT2D eigenvalue weighted by molar-refractivity contribution is 7.12. The molecule has 1 rings (SSSR count). The molecule has 0 unspecified atom stereocenters. The summed E-state index contributed by atoms with van der Waals surface area (Å²) in [6.07, 6.45) is 0. The SMILES string of the molecule is CCOC(=O)CON=C(N)c1cccs1. The Morgan fingerprint density at radius 1 is 1.67 bits per heavy atom. The number of nitrogens with zero attached hydrogens (tertiary/aromatic N) is 1. The van der Waals surface area contributed by atoms with E-state index in [1.807, 2.05) is 17.5 Å². The number of amidine groups is 1. The van der Waals surface area contributed by atoms with Gasteiger partial charge in [0.2, 0.25) is 6.61 Å². The molecule has 0 amide bonds. The predicted octanol–water partition coefficient (Wildman–Crippen LogP) is 0.948. The van der Waals surface area contributed by atoms with E-state index in [4.69, 9.17) is 10.6 Å². The number of rotatable bonds is 5. The summed E-state index contributed by atoms with van der Waals surface area (Å²) >= 11 is 1.45. The van der Waals surface area contributed by atoms with E-state index < -0.39 is 5.97 Å².